The summed E-state index contributed by atoms with van der Waals surface area (Å²) in [5.74, 6) is -0.330. The number of para-hydroxylation sites is 2. The number of sulfonamides is 1. The van der Waals surface area contributed by atoms with Gasteiger partial charge < -0.3 is 15.0 Å². The minimum absolute atomic E-state index is 0.0693. The summed E-state index contributed by atoms with van der Waals surface area (Å²) in [6, 6.07) is 10.7. The van der Waals surface area contributed by atoms with Gasteiger partial charge in [-0.15, -0.1) is 0 Å². The molecule has 33 heavy (non-hydrogen) atoms. The average Bonchev–Trinajstić information content (AvgIpc) is 2.77. The van der Waals surface area contributed by atoms with E-state index in [2.05, 4.69) is 10.0 Å². The van der Waals surface area contributed by atoms with Gasteiger partial charge in [0.25, 0.3) is 0 Å². The summed E-state index contributed by atoms with van der Waals surface area (Å²) >= 11 is 0. The van der Waals surface area contributed by atoms with Crippen molar-refractivity contribution in [2.75, 3.05) is 23.4 Å². The van der Waals surface area contributed by atoms with Crippen LogP contribution in [0, 0.1) is 5.92 Å². The Hall–Kier alpha value is -2.91. The van der Waals surface area contributed by atoms with Crippen LogP contribution in [0.5, 0.6) is 5.75 Å². The number of amides is 2. The summed E-state index contributed by atoms with van der Waals surface area (Å²) in [7, 11) is -3.98. The molecule has 2 aromatic rings. The van der Waals surface area contributed by atoms with Crippen molar-refractivity contribution >= 4 is 33.2 Å². The molecule has 3 rings (SSSR count). The fraction of sp³-hybridized carbons (Fsp3) is 0.417. The van der Waals surface area contributed by atoms with Gasteiger partial charge in [0, 0.05) is 19.2 Å². The van der Waals surface area contributed by atoms with Crippen molar-refractivity contribution in [2.24, 2.45) is 5.92 Å². The first-order chi connectivity index (χ1) is 15.6. The number of hydrogen-bond acceptors (Lipinski definition) is 5. The molecule has 0 aliphatic carbocycles. The van der Waals surface area contributed by atoms with E-state index in [0.29, 0.717) is 31.0 Å². The van der Waals surface area contributed by atoms with Gasteiger partial charge in [-0.25, -0.2) is 8.42 Å². The average molecular weight is 474 g/mol. The third-order valence-corrected chi connectivity index (χ3v) is 6.97. The van der Waals surface area contributed by atoms with E-state index >= 15 is 0 Å². The van der Waals surface area contributed by atoms with Crippen LogP contribution in [0.25, 0.3) is 0 Å². The topological polar surface area (TPSA) is 105 Å². The molecule has 1 aliphatic heterocycles. The van der Waals surface area contributed by atoms with E-state index in [0.717, 1.165) is 17.7 Å². The standard InChI is InChI=1S/C24H31N3O5S/c1-5-32-22-11-7-6-10-20(22)25-24(29)23(16(2)3)26-33(30,31)19-12-13-21-18(15-19)9-8-14-27(21)17(4)28/h6-7,10-13,15-16,23,26H,5,8-9,14H2,1-4H3,(H,25,29)/t23-/m0/s1. The van der Waals surface area contributed by atoms with Crippen LogP contribution in [0.1, 0.15) is 39.7 Å². The van der Waals surface area contributed by atoms with Gasteiger partial charge in [-0.3, -0.25) is 9.59 Å². The number of ether oxygens (including phenoxy) is 1. The molecule has 9 heteroatoms. The van der Waals surface area contributed by atoms with Crippen LogP contribution in [-0.4, -0.2) is 39.4 Å². The number of anilines is 2. The monoisotopic (exact) mass is 473 g/mol. The first-order valence-corrected chi connectivity index (χ1v) is 12.6. The minimum Gasteiger partial charge on any atom is -0.492 e. The maximum absolute atomic E-state index is 13.2. The van der Waals surface area contributed by atoms with Crippen LogP contribution in [0.4, 0.5) is 11.4 Å². The highest BCUT2D eigenvalue weighted by atomic mass is 32.2. The fourth-order valence-corrected chi connectivity index (χ4v) is 5.25. The Morgan fingerprint density at radius 3 is 2.55 bits per heavy atom. The van der Waals surface area contributed by atoms with Gasteiger partial charge in [-0.1, -0.05) is 26.0 Å². The molecule has 0 spiro atoms. The molecule has 1 aliphatic rings. The molecular formula is C24H31N3O5S. The molecule has 0 unspecified atom stereocenters. The number of fused-ring (bicyclic) bond motifs is 1. The number of nitrogens with zero attached hydrogens (tertiary/aromatic N) is 1. The van der Waals surface area contributed by atoms with Crippen molar-refractivity contribution in [2.45, 2.75) is 51.5 Å². The van der Waals surface area contributed by atoms with E-state index in [-0.39, 0.29) is 16.7 Å². The number of rotatable bonds is 8. The van der Waals surface area contributed by atoms with Gasteiger partial charge in [0.15, 0.2) is 0 Å². The zero-order valence-electron chi connectivity index (χ0n) is 19.4. The number of aryl methyl sites for hydroxylation is 1. The van der Waals surface area contributed by atoms with Gasteiger partial charge in [-0.05, 0) is 61.6 Å². The highest BCUT2D eigenvalue weighted by molar-refractivity contribution is 7.89. The van der Waals surface area contributed by atoms with Crippen LogP contribution in [-0.2, 0) is 26.0 Å². The van der Waals surface area contributed by atoms with Gasteiger partial charge in [0.2, 0.25) is 21.8 Å². The fourth-order valence-electron chi connectivity index (χ4n) is 3.86. The normalized spacial score (nSPS) is 14.5. The third kappa shape index (κ3) is 5.72. The first kappa shape index (κ1) is 24.7. The van der Waals surface area contributed by atoms with E-state index in [1.807, 2.05) is 6.92 Å². The number of nitrogens with one attached hydrogen (secondary N) is 2. The molecule has 2 amide bonds. The summed E-state index contributed by atoms with van der Waals surface area (Å²) in [4.78, 5) is 26.7. The van der Waals surface area contributed by atoms with Gasteiger partial charge >= 0.3 is 0 Å². The molecule has 1 atom stereocenters. The summed E-state index contributed by atoms with van der Waals surface area (Å²) in [6.07, 6.45) is 1.45. The third-order valence-electron chi connectivity index (χ3n) is 5.54. The molecule has 8 nitrogen and oxygen atoms in total. The summed E-state index contributed by atoms with van der Waals surface area (Å²) in [5, 5.41) is 2.78. The Labute approximate surface area is 195 Å². The van der Waals surface area contributed by atoms with Crippen LogP contribution >= 0.6 is 0 Å². The highest BCUT2D eigenvalue weighted by Crippen LogP contribution is 2.30. The molecule has 0 saturated heterocycles. The molecule has 178 valence electrons. The lowest BCUT2D eigenvalue weighted by atomic mass is 10.0. The van der Waals surface area contributed by atoms with Crippen molar-refractivity contribution < 1.29 is 22.7 Å². The predicted molar refractivity (Wildman–Crippen MR) is 128 cm³/mol. The highest BCUT2D eigenvalue weighted by Gasteiger charge is 2.30. The summed E-state index contributed by atoms with van der Waals surface area (Å²) in [6.45, 7) is 7.95. The Bertz CT molecular complexity index is 1130. The predicted octanol–water partition coefficient (Wildman–Crippen LogP) is 3.33. The molecule has 2 N–H and O–H groups in total. The van der Waals surface area contributed by atoms with Crippen molar-refractivity contribution in [1.29, 1.82) is 0 Å². The van der Waals surface area contributed by atoms with Crippen molar-refractivity contribution in [1.82, 2.24) is 4.72 Å². The number of carbonyl (C=O) groups excluding carboxylic acids is 2. The zero-order valence-corrected chi connectivity index (χ0v) is 20.2. The molecule has 0 aromatic heterocycles. The van der Waals surface area contributed by atoms with Crippen LogP contribution < -0.4 is 19.7 Å². The van der Waals surface area contributed by atoms with E-state index in [1.54, 1.807) is 55.1 Å². The van der Waals surface area contributed by atoms with Crippen molar-refractivity contribution in [3.8, 4) is 5.75 Å². The van der Waals surface area contributed by atoms with Gasteiger partial charge in [0.1, 0.15) is 11.8 Å². The Morgan fingerprint density at radius 2 is 1.88 bits per heavy atom. The maximum atomic E-state index is 13.2. The van der Waals surface area contributed by atoms with E-state index in [9.17, 15) is 18.0 Å². The van der Waals surface area contributed by atoms with E-state index in [4.69, 9.17) is 4.74 Å². The second-order valence-electron chi connectivity index (χ2n) is 8.33. The first-order valence-electron chi connectivity index (χ1n) is 11.1. The van der Waals surface area contributed by atoms with Gasteiger partial charge in [-0.2, -0.15) is 4.72 Å². The Morgan fingerprint density at radius 1 is 1.15 bits per heavy atom. The summed E-state index contributed by atoms with van der Waals surface area (Å²) < 4.78 is 34.5. The number of benzene rings is 2. The minimum atomic E-state index is -3.98. The molecule has 0 fully saturated rings. The maximum Gasteiger partial charge on any atom is 0.242 e. The van der Waals surface area contributed by atoms with E-state index < -0.39 is 22.0 Å². The van der Waals surface area contributed by atoms with Gasteiger partial charge in [0.05, 0.1) is 17.2 Å². The van der Waals surface area contributed by atoms with Crippen LogP contribution in [0.15, 0.2) is 47.4 Å². The second kappa shape index (κ2) is 10.4. The number of carbonyl (C=O) groups is 2. The molecular weight excluding hydrogens is 442 g/mol. The molecule has 2 aromatic carbocycles. The van der Waals surface area contributed by atoms with Crippen molar-refractivity contribution in [3.63, 3.8) is 0 Å². The molecule has 0 radical (unpaired) electrons. The Balaban J connectivity index is 1.83. The quantitative estimate of drug-likeness (QED) is 0.612. The smallest absolute Gasteiger partial charge is 0.242 e. The second-order valence-corrected chi connectivity index (χ2v) is 10.0. The van der Waals surface area contributed by atoms with E-state index in [1.165, 1.54) is 13.0 Å². The SMILES string of the molecule is CCOc1ccccc1NC(=O)[C@@H](NS(=O)(=O)c1ccc2c(c1)CCCN2C(C)=O)C(C)C. The molecule has 1 heterocycles. The van der Waals surface area contributed by atoms with Crippen molar-refractivity contribution in [3.05, 3.63) is 48.0 Å². The van der Waals surface area contributed by atoms with Crippen LogP contribution in [0.3, 0.4) is 0 Å². The largest absolute Gasteiger partial charge is 0.492 e. The lowest BCUT2D eigenvalue weighted by molar-refractivity contribution is -0.118. The molecule has 0 bridgehead atoms. The lowest BCUT2D eigenvalue weighted by Gasteiger charge is -2.29. The zero-order chi connectivity index (χ0) is 24.2. The molecule has 0 saturated carbocycles. The number of hydrogen-bond donors (Lipinski definition) is 2. The van der Waals surface area contributed by atoms with Crippen LogP contribution in [0.2, 0.25) is 0 Å². The summed E-state index contributed by atoms with van der Waals surface area (Å²) in [5.41, 5.74) is 2.02. The lowest BCUT2D eigenvalue weighted by Crippen LogP contribution is -2.47. The Kier molecular flexibility index (Phi) is 7.76.